The second-order valence-electron chi connectivity index (χ2n) is 3.38. The van der Waals surface area contributed by atoms with Gasteiger partial charge < -0.3 is 4.42 Å². The lowest BCUT2D eigenvalue weighted by atomic mass is 10.1. The summed E-state index contributed by atoms with van der Waals surface area (Å²) in [6.07, 6.45) is 6.35. The first-order valence-corrected chi connectivity index (χ1v) is 4.94. The van der Waals surface area contributed by atoms with Gasteiger partial charge in [-0.1, -0.05) is 0 Å². The number of rotatable bonds is 3. The number of furan rings is 1. The van der Waals surface area contributed by atoms with Gasteiger partial charge in [0.15, 0.2) is 5.78 Å². The summed E-state index contributed by atoms with van der Waals surface area (Å²) in [5, 5.41) is 0. The van der Waals surface area contributed by atoms with Crippen LogP contribution in [0.15, 0.2) is 47.2 Å². The third-order valence-corrected chi connectivity index (χ3v) is 2.12. The van der Waals surface area contributed by atoms with Crippen molar-refractivity contribution in [3.63, 3.8) is 0 Å². The summed E-state index contributed by atoms with van der Waals surface area (Å²) >= 11 is 0. The summed E-state index contributed by atoms with van der Waals surface area (Å²) in [6.45, 7) is 1.86. The minimum Gasteiger partial charge on any atom is -0.462 e. The SMILES string of the molecule is Cc1ccc(/C=C/C(=O)c2ccncc2)o1. The fourth-order valence-corrected chi connectivity index (χ4v) is 1.31. The third-order valence-electron chi connectivity index (χ3n) is 2.12. The molecule has 0 unspecified atom stereocenters. The Morgan fingerprint density at radius 3 is 2.62 bits per heavy atom. The van der Waals surface area contributed by atoms with Crippen molar-refractivity contribution in [2.24, 2.45) is 0 Å². The number of allylic oxidation sites excluding steroid dienone is 1. The molecule has 2 aromatic rings. The number of pyridine rings is 1. The highest BCUT2D eigenvalue weighted by Gasteiger charge is 2.00. The van der Waals surface area contributed by atoms with Crippen molar-refractivity contribution >= 4 is 11.9 Å². The molecule has 0 saturated heterocycles. The molecule has 0 spiro atoms. The van der Waals surface area contributed by atoms with Crippen LogP contribution in [-0.2, 0) is 0 Å². The molecule has 0 aromatic carbocycles. The van der Waals surface area contributed by atoms with Crippen LogP contribution in [0.5, 0.6) is 0 Å². The molecular formula is C13H11NO2. The average Bonchev–Trinajstić information content (AvgIpc) is 2.73. The third kappa shape index (κ3) is 2.45. The quantitative estimate of drug-likeness (QED) is 0.581. The van der Waals surface area contributed by atoms with Gasteiger partial charge in [0.1, 0.15) is 11.5 Å². The number of ketones is 1. The van der Waals surface area contributed by atoms with Crippen molar-refractivity contribution in [3.8, 4) is 0 Å². The minimum atomic E-state index is -0.0588. The number of aromatic nitrogens is 1. The predicted octanol–water partition coefficient (Wildman–Crippen LogP) is 2.88. The Labute approximate surface area is 93.4 Å². The fraction of sp³-hybridized carbons (Fsp3) is 0.0769. The zero-order valence-corrected chi connectivity index (χ0v) is 8.88. The Bertz CT molecular complexity index is 512. The van der Waals surface area contributed by atoms with Gasteiger partial charge >= 0.3 is 0 Å². The molecule has 16 heavy (non-hydrogen) atoms. The summed E-state index contributed by atoms with van der Waals surface area (Å²) < 4.78 is 5.32. The van der Waals surface area contributed by atoms with E-state index in [2.05, 4.69) is 4.98 Å². The van der Waals surface area contributed by atoms with Gasteiger partial charge in [0.25, 0.3) is 0 Å². The first-order chi connectivity index (χ1) is 7.75. The summed E-state index contributed by atoms with van der Waals surface area (Å²) in [4.78, 5) is 15.5. The normalized spacial score (nSPS) is 10.8. The number of carbonyl (C=O) groups is 1. The van der Waals surface area contributed by atoms with E-state index in [1.807, 2.05) is 19.1 Å². The van der Waals surface area contributed by atoms with E-state index < -0.39 is 0 Å². The van der Waals surface area contributed by atoms with Crippen molar-refractivity contribution < 1.29 is 9.21 Å². The molecular weight excluding hydrogens is 202 g/mol. The van der Waals surface area contributed by atoms with Crippen LogP contribution < -0.4 is 0 Å². The van der Waals surface area contributed by atoms with Gasteiger partial charge in [0.05, 0.1) is 0 Å². The van der Waals surface area contributed by atoms with Gasteiger partial charge in [-0.05, 0) is 43.3 Å². The van der Waals surface area contributed by atoms with E-state index in [9.17, 15) is 4.79 Å². The van der Waals surface area contributed by atoms with E-state index in [1.165, 1.54) is 6.08 Å². The molecule has 0 bridgehead atoms. The number of hydrogen-bond donors (Lipinski definition) is 0. The molecule has 2 aromatic heterocycles. The van der Waals surface area contributed by atoms with Crippen LogP contribution in [0.25, 0.3) is 6.08 Å². The van der Waals surface area contributed by atoms with Crippen molar-refractivity contribution in [2.45, 2.75) is 6.92 Å². The van der Waals surface area contributed by atoms with Crippen LogP contribution in [-0.4, -0.2) is 10.8 Å². The molecule has 0 amide bonds. The number of nitrogens with zero attached hydrogens (tertiary/aromatic N) is 1. The molecule has 80 valence electrons. The van der Waals surface area contributed by atoms with E-state index in [-0.39, 0.29) is 5.78 Å². The van der Waals surface area contributed by atoms with Crippen LogP contribution in [0.1, 0.15) is 21.9 Å². The molecule has 2 rings (SSSR count). The molecule has 3 nitrogen and oxygen atoms in total. The number of aryl methyl sites for hydroxylation is 1. The van der Waals surface area contributed by atoms with E-state index in [0.717, 1.165) is 5.76 Å². The Kier molecular flexibility index (Phi) is 2.96. The van der Waals surface area contributed by atoms with Crippen molar-refractivity contribution in [1.82, 2.24) is 4.98 Å². The highest BCUT2D eigenvalue weighted by molar-refractivity contribution is 6.06. The molecule has 0 atom stereocenters. The van der Waals surface area contributed by atoms with Crippen molar-refractivity contribution in [2.75, 3.05) is 0 Å². The monoisotopic (exact) mass is 213 g/mol. The first kappa shape index (κ1) is 10.4. The van der Waals surface area contributed by atoms with E-state index in [4.69, 9.17) is 4.42 Å². The Morgan fingerprint density at radius 2 is 2.00 bits per heavy atom. The largest absolute Gasteiger partial charge is 0.462 e. The molecule has 0 radical (unpaired) electrons. The maximum Gasteiger partial charge on any atom is 0.186 e. The second kappa shape index (κ2) is 4.57. The Hall–Kier alpha value is -2.16. The highest BCUT2D eigenvalue weighted by atomic mass is 16.3. The number of carbonyl (C=O) groups excluding carboxylic acids is 1. The van der Waals surface area contributed by atoms with Gasteiger partial charge in [-0.2, -0.15) is 0 Å². The van der Waals surface area contributed by atoms with Crippen molar-refractivity contribution in [1.29, 1.82) is 0 Å². The smallest absolute Gasteiger partial charge is 0.186 e. The maximum atomic E-state index is 11.7. The van der Waals surface area contributed by atoms with E-state index in [0.29, 0.717) is 11.3 Å². The molecule has 2 heterocycles. The standard InChI is InChI=1S/C13H11NO2/c1-10-2-3-12(16-10)4-5-13(15)11-6-8-14-9-7-11/h2-9H,1H3/b5-4+. The van der Waals surface area contributed by atoms with Gasteiger partial charge in [-0.15, -0.1) is 0 Å². The zero-order chi connectivity index (χ0) is 11.4. The van der Waals surface area contributed by atoms with Gasteiger partial charge in [-0.25, -0.2) is 0 Å². The van der Waals surface area contributed by atoms with Gasteiger partial charge in [0.2, 0.25) is 0 Å². The summed E-state index contributed by atoms with van der Waals surface area (Å²) in [5.74, 6) is 1.45. The Balaban J connectivity index is 2.11. The van der Waals surface area contributed by atoms with Crippen LogP contribution in [0.2, 0.25) is 0 Å². The van der Waals surface area contributed by atoms with Crippen LogP contribution in [0.4, 0.5) is 0 Å². The van der Waals surface area contributed by atoms with Crippen LogP contribution in [0.3, 0.4) is 0 Å². The lowest BCUT2D eigenvalue weighted by Gasteiger charge is -1.92. The Morgan fingerprint density at radius 1 is 1.25 bits per heavy atom. The minimum absolute atomic E-state index is 0.0588. The van der Waals surface area contributed by atoms with Gasteiger partial charge in [0, 0.05) is 18.0 Å². The molecule has 0 saturated carbocycles. The highest BCUT2D eigenvalue weighted by Crippen LogP contribution is 2.09. The fourth-order valence-electron chi connectivity index (χ4n) is 1.31. The number of hydrogen-bond acceptors (Lipinski definition) is 3. The summed E-state index contributed by atoms with van der Waals surface area (Å²) in [6, 6.07) is 7.04. The first-order valence-electron chi connectivity index (χ1n) is 4.94. The van der Waals surface area contributed by atoms with E-state index >= 15 is 0 Å². The average molecular weight is 213 g/mol. The second-order valence-corrected chi connectivity index (χ2v) is 3.38. The molecule has 0 fully saturated rings. The van der Waals surface area contributed by atoms with Crippen molar-refractivity contribution in [3.05, 3.63) is 59.8 Å². The molecule has 0 aliphatic rings. The lowest BCUT2D eigenvalue weighted by Crippen LogP contribution is -1.93. The summed E-state index contributed by atoms with van der Waals surface area (Å²) in [7, 11) is 0. The molecule has 0 N–H and O–H groups in total. The lowest BCUT2D eigenvalue weighted by molar-refractivity contribution is 0.104. The molecule has 0 aliphatic carbocycles. The van der Waals surface area contributed by atoms with Crippen LogP contribution >= 0.6 is 0 Å². The van der Waals surface area contributed by atoms with Gasteiger partial charge in [-0.3, -0.25) is 9.78 Å². The van der Waals surface area contributed by atoms with Crippen LogP contribution in [0, 0.1) is 6.92 Å². The predicted molar refractivity (Wildman–Crippen MR) is 61.0 cm³/mol. The molecule has 0 aliphatic heterocycles. The topological polar surface area (TPSA) is 43.1 Å². The zero-order valence-electron chi connectivity index (χ0n) is 8.88. The maximum absolute atomic E-state index is 11.7. The van der Waals surface area contributed by atoms with E-state index in [1.54, 1.807) is 30.6 Å². The molecule has 3 heteroatoms. The summed E-state index contributed by atoms with van der Waals surface area (Å²) in [5.41, 5.74) is 0.620.